The predicted molar refractivity (Wildman–Crippen MR) is 42.2 cm³/mol. The molecule has 1 saturated heterocycles. The fraction of sp³-hybridized carbons (Fsp3) is 0.857. The van der Waals surface area contributed by atoms with Gasteiger partial charge in [0.1, 0.15) is 0 Å². The van der Waals surface area contributed by atoms with Gasteiger partial charge in [-0.3, -0.25) is 0 Å². The zero-order valence-electron chi connectivity index (χ0n) is 6.79. The lowest BCUT2D eigenvalue weighted by Gasteiger charge is -2.19. The van der Waals surface area contributed by atoms with Crippen molar-refractivity contribution in [3.8, 4) is 0 Å². The van der Waals surface area contributed by atoms with Gasteiger partial charge in [-0.2, -0.15) is 0 Å². The standard InChI is InChI=1S/C7H14N3O/c1-6-5-10(7(8)11)4-2-3-9-6/h6H,2-5H2,1H3,(H2,8,11). The minimum atomic E-state index is -0.325. The third-order valence-corrected chi connectivity index (χ3v) is 1.82. The van der Waals surface area contributed by atoms with Crippen LogP contribution in [0.2, 0.25) is 0 Å². The summed E-state index contributed by atoms with van der Waals surface area (Å²) in [5, 5.41) is 4.31. The van der Waals surface area contributed by atoms with Crippen LogP contribution in [0.3, 0.4) is 0 Å². The minimum Gasteiger partial charge on any atom is -0.351 e. The number of amides is 2. The van der Waals surface area contributed by atoms with E-state index in [2.05, 4.69) is 5.32 Å². The molecular formula is C7H14N3O. The molecule has 11 heavy (non-hydrogen) atoms. The number of nitrogens with two attached hydrogens (primary N) is 1. The first-order valence-corrected chi connectivity index (χ1v) is 3.91. The van der Waals surface area contributed by atoms with Crippen molar-refractivity contribution in [1.82, 2.24) is 10.2 Å². The van der Waals surface area contributed by atoms with Crippen LogP contribution in [0.4, 0.5) is 4.79 Å². The van der Waals surface area contributed by atoms with Gasteiger partial charge >= 0.3 is 6.03 Å². The van der Waals surface area contributed by atoms with Crippen LogP contribution in [-0.4, -0.2) is 36.6 Å². The van der Waals surface area contributed by atoms with Crippen molar-refractivity contribution in [2.75, 3.05) is 19.6 Å². The molecule has 0 aromatic carbocycles. The highest BCUT2D eigenvalue weighted by Crippen LogP contribution is 2.00. The van der Waals surface area contributed by atoms with E-state index in [1.807, 2.05) is 6.92 Å². The maximum atomic E-state index is 10.8. The second-order valence-electron chi connectivity index (χ2n) is 2.89. The average Bonchev–Trinajstić information content (AvgIpc) is 2.13. The molecule has 0 spiro atoms. The second kappa shape index (κ2) is 3.57. The SMILES string of the molecule is CC1CN(C(N)=O)CCC[N]1. The Morgan fingerprint density at radius 1 is 1.73 bits per heavy atom. The lowest BCUT2D eigenvalue weighted by atomic mass is 10.3. The van der Waals surface area contributed by atoms with Crippen molar-refractivity contribution in [1.29, 1.82) is 0 Å². The number of rotatable bonds is 0. The Balaban J connectivity index is 2.45. The van der Waals surface area contributed by atoms with Crippen LogP contribution in [0.25, 0.3) is 0 Å². The molecule has 0 saturated carbocycles. The summed E-state index contributed by atoms with van der Waals surface area (Å²) in [6.45, 7) is 4.28. The first-order valence-electron chi connectivity index (χ1n) is 3.91. The van der Waals surface area contributed by atoms with Crippen molar-refractivity contribution in [3.63, 3.8) is 0 Å². The van der Waals surface area contributed by atoms with E-state index in [4.69, 9.17) is 5.73 Å². The lowest BCUT2D eigenvalue weighted by Crippen LogP contribution is -2.40. The summed E-state index contributed by atoms with van der Waals surface area (Å²) in [6.07, 6.45) is 0.938. The summed E-state index contributed by atoms with van der Waals surface area (Å²) in [5.74, 6) is 0. The summed E-state index contributed by atoms with van der Waals surface area (Å²) >= 11 is 0. The number of hydrogen-bond acceptors (Lipinski definition) is 1. The molecule has 1 radical (unpaired) electrons. The topological polar surface area (TPSA) is 60.4 Å². The van der Waals surface area contributed by atoms with Gasteiger partial charge in [0, 0.05) is 25.7 Å². The van der Waals surface area contributed by atoms with E-state index in [1.165, 1.54) is 0 Å². The van der Waals surface area contributed by atoms with Crippen molar-refractivity contribution in [2.24, 2.45) is 5.73 Å². The van der Waals surface area contributed by atoms with Gasteiger partial charge in [-0.15, -0.1) is 0 Å². The molecule has 0 bridgehead atoms. The fourth-order valence-electron chi connectivity index (χ4n) is 1.24. The molecule has 1 fully saturated rings. The molecule has 0 aromatic rings. The monoisotopic (exact) mass is 156 g/mol. The summed E-state index contributed by atoms with van der Waals surface area (Å²) in [7, 11) is 0. The molecule has 63 valence electrons. The molecule has 2 N–H and O–H groups in total. The first kappa shape index (κ1) is 8.33. The number of carbonyl (C=O) groups excluding carboxylic acids is 1. The Morgan fingerprint density at radius 2 is 2.45 bits per heavy atom. The zero-order chi connectivity index (χ0) is 8.27. The van der Waals surface area contributed by atoms with E-state index in [1.54, 1.807) is 4.90 Å². The molecule has 1 rings (SSSR count). The molecule has 0 aliphatic carbocycles. The third kappa shape index (κ3) is 2.38. The Labute approximate surface area is 66.7 Å². The third-order valence-electron chi connectivity index (χ3n) is 1.82. The number of urea groups is 1. The molecule has 2 amide bonds. The second-order valence-corrected chi connectivity index (χ2v) is 2.89. The van der Waals surface area contributed by atoms with E-state index in [9.17, 15) is 4.79 Å². The maximum absolute atomic E-state index is 10.8. The number of nitrogens with zero attached hydrogens (tertiary/aromatic N) is 2. The molecule has 1 unspecified atom stereocenters. The van der Waals surface area contributed by atoms with Crippen molar-refractivity contribution in [2.45, 2.75) is 19.4 Å². The number of primary amides is 1. The van der Waals surface area contributed by atoms with Crippen LogP contribution >= 0.6 is 0 Å². The summed E-state index contributed by atoms with van der Waals surface area (Å²) in [6, 6.07) is -0.0843. The molecule has 0 aromatic heterocycles. The highest BCUT2D eigenvalue weighted by molar-refractivity contribution is 5.72. The van der Waals surface area contributed by atoms with Gasteiger partial charge in [-0.05, 0) is 13.3 Å². The molecule has 1 heterocycles. The van der Waals surface area contributed by atoms with Crippen LogP contribution in [-0.2, 0) is 0 Å². The fourth-order valence-corrected chi connectivity index (χ4v) is 1.24. The normalized spacial score (nSPS) is 26.3. The van der Waals surface area contributed by atoms with Crippen molar-refractivity contribution < 1.29 is 4.79 Å². The molecule has 4 nitrogen and oxygen atoms in total. The van der Waals surface area contributed by atoms with Gasteiger partial charge in [-0.25, -0.2) is 10.1 Å². The lowest BCUT2D eigenvalue weighted by molar-refractivity contribution is 0.207. The van der Waals surface area contributed by atoms with E-state index in [0.29, 0.717) is 6.54 Å². The summed E-state index contributed by atoms with van der Waals surface area (Å²) in [4.78, 5) is 12.4. The van der Waals surface area contributed by atoms with Crippen LogP contribution in [0, 0.1) is 0 Å². The van der Waals surface area contributed by atoms with Crippen LogP contribution in [0.5, 0.6) is 0 Å². The summed E-state index contributed by atoms with van der Waals surface area (Å²) < 4.78 is 0. The highest BCUT2D eigenvalue weighted by Gasteiger charge is 2.16. The molecule has 1 aliphatic heterocycles. The van der Waals surface area contributed by atoms with E-state index < -0.39 is 0 Å². The summed E-state index contributed by atoms with van der Waals surface area (Å²) in [5.41, 5.74) is 5.14. The van der Waals surface area contributed by atoms with Crippen molar-refractivity contribution in [3.05, 3.63) is 0 Å². The van der Waals surface area contributed by atoms with E-state index >= 15 is 0 Å². The maximum Gasteiger partial charge on any atom is 0.314 e. The Kier molecular flexibility index (Phi) is 2.70. The van der Waals surface area contributed by atoms with Gasteiger partial charge in [0.05, 0.1) is 0 Å². The smallest absolute Gasteiger partial charge is 0.314 e. The zero-order valence-corrected chi connectivity index (χ0v) is 6.79. The quantitative estimate of drug-likeness (QED) is 0.517. The van der Waals surface area contributed by atoms with Crippen LogP contribution in [0.15, 0.2) is 0 Å². The van der Waals surface area contributed by atoms with Crippen LogP contribution in [0.1, 0.15) is 13.3 Å². The predicted octanol–water partition coefficient (Wildman–Crippen LogP) is -0.236. The van der Waals surface area contributed by atoms with Gasteiger partial charge in [-0.1, -0.05) is 0 Å². The van der Waals surface area contributed by atoms with E-state index in [0.717, 1.165) is 19.5 Å². The Morgan fingerprint density at radius 3 is 3.09 bits per heavy atom. The Hall–Kier alpha value is -0.770. The molecule has 1 aliphatic rings. The molecule has 1 atom stereocenters. The Bertz CT molecular complexity index is 149. The first-order chi connectivity index (χ1) is 5.20. The van der Waals surface area contributed by atoms with Crippen LogP contribution < -0.4 is 11.1 Å². The number of hydrogen-bond donors (Lipinski definition) is 1. The van der Waals surface area contributed by atoms with Crippen molar-refractivity contribution >= 4 is 6.03 Å². The molecule has 4 heteroatoms. The largest absolute Gasteiger partial charge is 0.351 e. The van der Waals surface area contributed by atoms with E-state index in [-0.39, 0.29) is 12.1 Å². The van der Waals surface area contributed by atoms with Gasteiger partial charge in [0.15, 0.2) is 0 Å². The van der Waals surface area contributed by atoms with Gasteiger partial charge < -0.3 is 10.6 Å². The highest BCUT2D eigenvalue weighted by atomic mass is 16.2. The minimum absolute atomic E-state index is 0.241. The van der Waals surface area contributed by atoms with Gasteiger partial charge in [0.25, 0.3) is 0 Å². The van der Waals surface area contributed by atoms with Gasteiger partial charge in [0.2, 0.25) is 0 Å². The average molecular weight is 156 g/mol. The molecular weight excluding hydrogens is 142 g/mol. The number of carbonyl (C=O) groups is 1.